The smallest absolute Gasteiger partial charge is 0.240 e. The van der Waals surface area contributed by atoms with E-state index in [-0.39, 0.29) is 18.5 Å². The molecule has 1 amide bonds. The Morgan fingerprint density at radius 2 is 2.03 bits per heavy atom. The number of rotatable bonds is 5. The summed E-state index contributed by atoms with van der Waals surface area (Å²) in [4.78, 5) is 32.3. The lowest BCUT2D eigenvalue weighted by atomic mass is 10.2. The predicted octanol–water partition coefficient (Wildman–Crippen LogP) is 2.28. The molecule has 1 N–H and O–H groups in total. The van der Waals surface area contributed by atoms with Gasteiger partial charge in [-0.25, -0.2) is 15.0 Å². The topological polar surface area (TPSA) is 88.8 Å². The Labute approximate surface area is 173 Å². The lowest BCUT2D eigenvalue weighted by molar-refractivity contribution is -0.122. The van der Waals surface area contributed by atoms with Crippen molar-refractivity contribution in [3.05, 3.63) is 67.4 Å². The lowest BCUT2D eigenvalue weighted by Crippen LogP contribution is -2.39. The van der Waals surface area contributed by atoms with Crippen LogP contribution in [0.4, 0.5) is 5.95 Å². The van der Waals surface area contributed by atoms with Crippen LogP contribution in [0, 0.1) is 0 Å². The van der Waals surface area contributed by atoms with Crippen molar-refractivity contribution in [1.82, 2.24) is 29.8 Å². The summed E-state index contributed by atoms with van der Waals surface area (Å²) in [7, 11) is 0. The highest BCUT2D eigenvalue weighted by Crippen LogP contribution is 2.21. The molecule has 0 bridgehead atoms. The molecular weight excluding hydrogens is 378 g/mol. The maximum atomic E-state index is 12.6. The Balaban J connectivity index is 1.22. The van der Waals surface area contributed by atoms with Crippen molar-refractivity contribution in [3.8, 4) is 11.3 Å². The highest BCUT2D eigenvalue weighted by atomic mass is 16.2. The van der Waals surface area contributed by atoms with Crippen LogP contribution in [0.2, 0.25) is 0 Å². The molecule has 0 saturated carbocycles. The molecule has 8 heteroatoms. The summed E-state index contributed by atoms with van der Waals surface area (Å²) >= 11 is 0. The molecule has 0 spiro atoms. The van der Waals surface area contributed by atoms with Gasteiger partial charge in [-0.15, -0.1) is 0 Å². The van der Waals surface area contributed by atoms with E-state index >= 15 is 0 Å². The van der Waals surface area contributed by atoms with Gasteiger partial charge in [-0.05, 0) is 36.8 Å². The van der Waals surface area contributed by atoms with E-state index in [1.165, 1.54) is 0 Å². The summed E-state index contributed by atoms with van der Waals surface area (Å²) in [6.07, 6.45) is 7.87. The van der Waals surface area contributed by atoms with E-state index in [1.807, 2.05) is 47.0 Å². The fourth-order valence-corrected chi connectivity index (χ4v) is 3.80. The van der Waals surface area contributed by atoms with Crippen LogP contribution in [0.25, 0.3) is 22.3 Å². The van der Waals surface area contributed by atoms with Gasteiger partial charge in [-0.2, -0.15) is 0 Å². The number of hydrogen-bond acceptors (Lipinski definition) is 6. The van der Waals surface area contributed by atoms with Gasteiger partial charge in [0, 0.05) is 43.3 Å². The van der Waals surface area contributed by atoms with Gasteiger partial charge >= 0.3 is 0 Å². The van der Waals surface area contributed by atoms with Gasteiger partial charge in [-0.1, -0.05) is 12.1 Å². The van der Waals surface area contributed by atoms with E-state index in [0.717, 1.165) is 35.3 Å². The Kier molecular flexibility index (Phi) is 4.80. The number of carbonyl (C=O) groups is 1. The number of benzene rings is 1. The van der Waals surface area contributed by atoms with Crippen LogP contribution < -0.4 is 10.2 Å². The second kappa shape index (κ2) is 7.90. The number of carbonyl (C=O) groups excluding carboxylic acids is 1. The third-order valence-electron chi connectivity index (χ3n) is 5.28. The maximum Gasteiger partial charge on any atom is 0.240 e. The zero-order valence-corrected chi connectivity index (χ0v) is 16.3. The SMILES string of the molecule is O=C(Cn1cnc2ccccc21)NC1CCN(c2nccc(-c3cccnc3)n2)C1. The number of para-hydroxylation sites is 2. The summed E-state index contributed by atoms with van der Waals surface area (Å²) in [5.41, 5.74) is 3.65. The monoisotopic (exact) mass is 399 g/mol. The second-order valence-electron chi connectivity index (χ2n) is 7.34. The molecule has 1 aliphatic heterocycles. The molecule has 8 nitrogen and oxygen atoms in total. The number of amides is 1. The number of pyridine rings is 1. The predicted molar refractivity (Wildman–Crippen MR) is 114 cm³/mol. The zero-order valence-electron chi connectivity index (χ0n) is 16.3. The van der Waals surface area contributed by atoms with E-state index in [2.05, 4.69) is 30.2 Å². The van der Waals surface area contributed by atoms with E-state index < -0.39 is 0 Å². The quantitative estimate of drug-likeness (QED) is 0.554. The third kappa shape index (κ3) is 3.71. The van der Waals surface area contributed by atoms with E-state index in [0.29, 0.717) is 12.5 Å². The molecular formula is C22H21N7O. The van der Waals surface area contributed by atoms with Crippen LogP contribution in [-0.4, -0.2) is 49.5 Å². The van der Waals surface area contributed by atoms with Crippen molar-refractivity contribution in [2.75, 3.05) is 18.0 Å². The zero-order chi connectivity index (χ0) is 20.3. The molecule has 1 atom stereocenters. The Hall–Kier alpha value is -3.81. The largest absolute Gasteiger partial charge is 0.350 e. The molecule has 1 aliphatic rings. The van der Waals surface area contributed by atoms with Crippen LogP contribution in [0.15, 0.2) is 67.4 Å². The Morgan fingerprint density at radius 3 is 2.93 bits per heavy atom. The molecule has 0 aliphatic carbocycles. The number of hydrogen-bond donors (Lipinski definition) is 1. The van der Waals surface area contributed by atoms with Gasteiger partial charge in [0.2, 0.25) is 11.9 Å². The first-order chi connectivity index (χ1) is 14.8. The number of aromatic nitrogens is 5. The molecule has 3 aromatic heterocycles. The van der Waals surface area contributed by atoms with Gasteiger partial charge in [0.05, 0.1) is 23.1 Å². The number of nitrogens with zero attached hydrogens (tertiary/aromatic N) is 6. The van der Waals surface area contributed by atoms with E-state index in [1.54, 1.807) is 24.9 Å². The van der Waals surface area contributed by atoms with Gasteiger partial charge in [0.15, 0.2) is 0 Å². The van der Waals surface area contributed by atoms with Crippen molar-refractivity contribution in [2.45, 2.75) is 19.0 Å². The molecule has 4 aromatic rings. The lowest BCUT2D eigenvalue weighted by Gasteiger charge is -2.17. The molecule has 4 heterocycles. The molecule has 5 rings (SSSR count). The standard InChI is InChI=1S/C22H21N7O/c30-21(14-29-15-25-19-5-1-2-6-20(19)29)26-17-8-11-28(13-17)22-24-10-7-18(27-22)16-4-3-9-23-12-16/h1-7,9-10,12,15,17H,8,11,13-14H2,(H,26,30). The van der Waals surface area contributed by atoms with Crippen LogP contribution in [0.3, 0.4) is 0 Å². The van der Waals surface area contributed by atoms with Crippen molar-refractivity contribution >= 4 is 22.9 Å². The van der Waals surface area contributed by atoms with Gasteiger partial charge < -0.3 is 14.8 Å². The highest BCUT2D eigenvalue weighted by molar-refractivity contribution is 5.80. The third-order valence-corrected chi connectivity index (χ3v) is 5.28. The molecule has 150 valence electrons. The second-order valence-corrected chi connectivity index (χ2v) is 7.34. The number of imidazole rings is 1. The molecule has 1 unspecified atom stereocenters. The van der Waals surface area contributed by atoms with Crippen molar-refractivity contribution in [1.29, 1.82) is 0 Å². The molecule has 0 radical (unpaired) electrons. The first-order valence-corrected chi connectivity index (χ1v) is 9.94. The van der Waals surface area contributed by atoms with Crippen LogP contribution in [0.1, 0.15) is 6.42 Å². The minimum atomic E-state index is -0.0185. The minimum Gasteiger partial charge on any atom is -0.350 e. The Bertz CT molecular complexity index is 1170. The molecule has 30 heavy (non-hydrogen) atoms. The van der Waals surface area contributed by atoms with Crippen molar-refractivity contribution < 1.29 is 4.79 Å². The molecule has 1 saturated heterocycles. The first kappa shape index (κ1) is 18.2. The summed E-state index contributed by atoms with van der Waals surface area (Å²) in [6, 6.07) is 13.6. The van der Waals surface area contributed by atoms with Crippen LogP contribution in [-0.2, 0) is 11.3 Å². The van der Waals surface area contributed by atoms with Gasteiger partial charge in [0.25, 0.3) is 0 Å². The highest BCUT2D eigenvalue weighted by Gasteiger charge is 2.26. The van der Waals surface area contributed by atoms with Gasteiger partial charge in [-0.3, -0.25) is 9.78 Å². The summed E-state index contributed by atoms with van der Waals surface area (Å²) < 4.78 is 1.87. The van der Waals surface area contributed by atoms with E-state index in [9.17, 15) is 4.79 Å². The summed E-state index contributed by atoms with van der Waals surface area (Å²) in [6.45, 7) is 1.74. The van der Waals surface area contributed by atoms with Crippen molar-refractivity contribution in [3.63, 3.8) is 0 Å². The average Bonchev–Trinajstić information content (AvgIpc) is 3.42. The van der Waals surface area contributed by atoms with Crippen LogP contribution >= 0.6 is 0 Å². The molecule has 1 aromatic carbocycles. The summed E-state index contributed by atoms with van der Waals surface area (Å²) in [5, 5.41) is 3.13. The minimum absolute atomic E-state index is 0.0185. The number of nitrogens with one attached hydrogen (secondary N) is 1. The number of anilines is 1. The maximum absolute atomic E-state index is 12.6. The first-order valence-electron chi connectivity index (χ1n) is 9.94. The average molecular weight is 399 g/mol. The van der Waals surface area contributed by atoms with E-state index in [4.69, 9.17) is 0 Å². The number of fused-ring (bicyclic) bond motifs is 1. The fraction of sp³-hybridized carbons (Fsp3) is 0.227. The van der Waals surface area contributed by atoms with Crippen molar-refractivity contribution in [2.24, 2.45) is 0 Å². The molecule has 1 fully saturated rings. The Morgan fingerprint density at radius 1 is 1.10 bits per heavy atom. The van der Waals surface area contributed by atoms with Crippen LogP contribution in [0.5, 0.6) is 0 Å². The van der Waals surface area contributed by atoms with Gasteiger partial charge in [0.1, 0.15) is 6.54 Å². The summed E-state index contributed by atoms with van der Waals surface area (Å²) in [5.74, 6) is 0.656. The normalized spacial score (nSPS) is 16.1. The fourth-order valence-electron chi connectivity index (χ4n) is 3.80.